The van der Waals surface area contributed by atoms with Gasteiger partial charge in [0.2, 0.25) is 0 Å². The van der Waals surface area contributed by atoms with Gasteiger partial charge in [-0.15, -0.1) is 34.0 Å². The maximum atomic E-state index is 2.26. The Morgan fingerprint density at radius 2 is 1.38 bits per heavy atom. The quantitative estimate of drug-likeness (QED) is 0.414. The standard InChI is InChI=1S/C12H13.3ClH.Zr/c1-8-6-11-9(2)4-5-10(3)12(11)7-8;;;;/h4-7H,1-3H3;3*1H;/q-1;;;;+4/p-3. The topological polar surface area (TPSA) is 0 Å². The second-order valence-electron chi connectivity index (χ2n) is 3.56. The first kappa shape index (κ1) is 21.8. The summed E-state index contributed by atoms with van der Waals surface area (Å²) in [6, 6.07) is 8.91. The molecule has 2 aromatic rings. The molecule has 2 aromatic carbocycles. The van der Waals surface area contributed by atoms with Gasteiger partial charge < -0.3 is 37.2 Å². The molecule has 0 radical (unpaired) electrons. The molecule has 86 valence electrons. The molecule has 0 fully saturated rings. The first-order valence-electron chi connectivity index (χ1n) is 4.32. The summed E-state index contributed by atoms with van der Waals surface area (Å²) in [7, 11) is 0. The molecule has 0 saturated carbocycles. The van der Waals surface area contributed by atoms with Crippen LogP contribution in [0, 0.1) is 20.8 Å². The van der Waals surface area contributed by atoms with Crippen molar-refractivity contribution in [1.82, 2.24) is 0 Å². The molecule has 0 unspecified atom stereocenters. The Labute approximate surface area is 135 Å². The van der Waals surface area contributed by atoms with Crippen LogP contribution in [0.25, 0.3) is 10.8 Å². The van der Waals surface area contributed by atoms with E-state index in [9.17, 15) is 0 Å². The molecule has 2 rings (SSSR count). The number of fused-ring (bicyclic) bond motifs is 1. The summed E-state index contributed by atoms with van der Waals surface area (Å²) in [5, 5.41) is 2.82. The molecule has 0 aliphatic rings. The Kier molecular flexibility index (Phi) is 11.8. The molecule has 0 saturated heterocycles. The zero-order valence-electron chi connectivity index (χ0n) is 9.44. The summed E-state index contributed by atoms with van der Waals surface area (Å²) in [6.07, 6.45) is 0. The fraction of sp³-hybridized carbons (Fsp3) is 0.250. The number of hydrogen-bond acceptors (Lipinski definition) is 0. The van der Waals surface area contributed by atoms with E-state index in [1.807, 2.05) is 0 Å². The van der Waals surface area contributed by atoms with Crippen LogP contribution in [-0.2, 0) is 26.2 Å². The van der Waals surface area contributed by atoms with E-state index in [0.29, 0.717) is 0 Å². The predicted molar refractivity (Wildman–Crippen MR) is 53.8 cm³/mol. The summed E-state index contributed by atoms with van der Waals surface area (Å²) in [5.74, 6) is 0. The fourth-order valence-corrected chi connectivity index (χ4v) is 1.73. The Balaban J connectivity index is -0.000000422. The molecule has 0 amide bonds. The second-order valence-corrected chi connectivity index (χ2v) is 3.56. The van der Waals surface area contributed by atoms with Gasteiger partial charge in [0, 0.05) is 0 Å². The Hall–Kier alpha value is 0.583. The summed E-state index contributed by atoms with van der Waals surface area (Å²) in [4.78, 5) is 0. The minimum Gasteiger partial charge on any atom is -1.00 e. The SMILES string of the molecule is Cc1cc2c(C)ccc(C)c2[cH-]1.[Cl-].[Cl-].[Cl-].[Zr+4]. The predicted octanol–water partition coefficient (Wildman–Crippen LogP) is -5.51. The summed E-state index contributed by atoms with van der Waals surface area (Å²) in [5.41, 5.74) is 4.12. The number of hydrogen-bond donors (Lipinski definition) is 0. The third-order valence-electron chi connectivity index (χ3n) is 2.47. The van der Waals surface area contributed by atoms with Crippen molar-refractivity contribution in [2.45, 2.75) is 20.8 Å². The summed E-state index contributed by atoms with van der Waals surface area (Å²) < 4.78 is 0. The monoisotopic (exact) mass is 352 g/mol. The van der Waals surface area contributed by atoms with Crippen LogP contribution in [0.1, 0.15) is 16.7 Å². The van der Waals surface area contributed by atoms with Crippen molar-refractivity contribution in [3.05, 3.63) is 41.0 Å². The van der Waals surface area contributed by atoms with Crippen molar-refractivity contribution in [2.75, 3.05) is 0 Å². The Morgan fingerprint density at radius 1 is 0.875 bits per heavy atom. The summed E-state index contributed by atoms with van der Waals surface area (Å²) >= 11 is 0. The zero-order valence-corrected chi connectivity index (χ0v) is 14.2. The first-order valence-corrected chi connectivity index (χ1v) is 4.32. The molecule has 16 heavy (non-hydrogen) atoms. The molecule has 0 bridgehead atoms. The molecule has 0 aliphatic heterocycles. The van der Waals surface area contributed by atoms with Crippen molar-refractivity contribution in [3.8, 4) is 0 Å². The van der Waals surface area contributed by atoms with Crippen LogP contribution in [-0.4, -0.2) is 0 Å². The van der Waals surface area contributed by atoms with Gasteiger partial charge in [0.15, 0.2) is 0 Å². The largest absolute Gasteiger partial charge is 4.00 e. The number of aryl methyl sites for hydroxylation is 3. The Morgan fingerprint density at radius 3 is 1.88 bits per heavy atom. The van der Waals surface area contributed by atoms with E-state index < -0.39 is 0 Å². The molecular formula is C12H13Cl3Zr. The van der Waals surface area contributed by atoms with Gasteiger partial charge in [0.1, 0.15) is 0 Å². The summed E-state index contributed by atoms with van der Waals surface area (Å²) in [6.45, 7) is 6.49. The molecule has 0 spiro atoms. The molecule has 4 heteroatoms. The maximum Gasteiger partial charge on any atom is 4.00 e. The third-order valence-corrected chi connectivity index (χ3v) is 2.47. The van der Waals surface area contributed by atoms with Crippen molar-refractivity contribution >= 4 is 10.8 Å². The van der Waals surface area contributed by atoms with Crippen molar-refractivity contribution in [2.24, 2.45) is 0 Å². The van der Waals surface area contributed by atoms with Crippen LogP contribution < -0.4 is 37.2 Å². The molecule has 0 N–H and O–H groups in total. The molecule has 0 aromatic heterocycles. The van der Waals surface area contributed by atoms with Crippen LogP contribution in [0.2, 0.25) is 0 Å². The average molecular weight is 355 g/mol. The van der Waals surface area contributed by atoms with Crippen LogP contribution in [0.5, 0.6) is 0 Å². The Bertz CT molecular complexity index is 396. The van der Waals surface area contributed by atoms with E-state index in [-0.39, 0.29) is 63.4 Å². The number of rotatable bonds is 0. The zero-order chi connectivity index (χ0) is 8.72. The normalized spacial score (nSPS) is 8.19. The number of halogens is 3. The van der Waals surface area contributed by atoms with Gasteiger partial charge in [-0.2, -0.15) is 6.07 Å². The van der Waals surface area contributed by atoms with Crippen LogP contribution in [0.4, 0.5) is 0 Å². The fourth-order valence-electron chi connectivity index (χ4n) is 1.73. The van der Waals surface area contributed by atoms with Crippen molar-refractivity contribution in [1.29, 1.82) is 0 Å². The van der Waals surface area contributed by atoms with Gasteiger partial charge in [-0.3, -0.25) is 0 Å². The molecule has 0 aliphatic carbocycles. The molecular weight excluding hydrogens is 342 g/mol. The van der Waals surface area contributed by atoms with E-state index in [4.69, 9.17) is 0 Å². The van der Waals surface area contributed by atoms with Gasteiger partial charge in [0.25, 0.3) is 0 Å². The molecule has 0 atom stereocenters. The van der Waals surface area contributed by atoms with E-state index in [0.717, 1.165) is 0 Å². The van der Waals surface area contributed by atoms with Crippen LogP contribution >= 0.6 is 0 Å². The number of benzene rings is 1. The van der Waals surface area contributed by atoms with E-state index in [1.54, 1.807) is 0 Å². The van der Waals surface area contributed by atoms with Gasteiger partial charge in [-0.1, -0.05) is 25.5 Å². The van der Waals surface area contributed by atoms with Gasteiger partial charge >= 0.3 is 26.2 Å². The maximum absolute atomic E-state index is 2.26. The van der Waals surface area contributed by atoms with Gasteiger partial charge in [-0.05, 0) is 6.92 Å². The van der Waals surface area contributed by atoms with E-state index >= 15 is 0 Å². The second kappa shape index (κ2) is 8.64. The first-order chi connectivity index (χ1) is 5.68. The minimum absolute atomic E-state index is 0. The van der Waals surface area contributed by atoms with E-state index in [1.165, 1.54) is 27.5 Å². The molecule has 0 nitrogen and oxygen atoms in total. The minimum atomic E-state index is 0. The smallest absolute Gasteiger partial charge is 1.00 e. The average Bonchev–Trinajstić information content (AvgIpc) is 2.41. The van der Waals surface area contributed by atoms with Gasteiger partial charge in [0.05, 0.1) is 0 Å². The van der Waals surface area contributed by atoms with Crippen molar-refractivity contribution in [3.63, 3.8) is 0 Å². The van der Waals surface area contributed by atoms with E-state index in [2.05, 4.69) is 45.0 Å². The molecule has 0 heterocycles. The van der Waals surface area contributed by atoms with Crippen molar-refractivity contribution < 1.29 is 63.4 Å². The van der Waals surface area contributed by atoms with Crippen LogP contribution in [0.15, 0.2) is 24.3 Å². The van der Waals surface area contributed by atoms with Crippen LogP contribution in [0.3, 0.4) is 0 Å². The van der Waals surface area contributed by atoms with Gasteiger partial charge in [-0.25, -0.2) is 0 Å². The third kappa shape index (κ3) is 4.11.